The molecular formula is C17H23N3. The van der Waals surface area contributed by atoms with Crippen LogP contribution >= 0.6 is 0 Å². The van der Waals surface area contributed by atoms with Crippen molar-refractivity contribution in [3.8, 4) is 11.3 Å². The molecule has 2 aromatic rings. The molecular weight excluding hydrogens is 246 g/mol. The van der Waals surface area contributed by atoms with E-state index in [2.05, 4.69) is 53.0 Å². The Morgan fingerprint density at radius 1 is 1.35 bits per heavy atom. The number of nitrogens with zero attached hydrogens (tertiary/aromatic N) is 2. The molecule has 1 aromatic carbocycles. The number of hydrogen-bond acceptors (Lipinski definition) is 2. The van der Waals surface area contributed by atoms with Crippen LogP contribution in [0.1, 0.15) is 31.4 Å². The van der Waals surface area contributed by atoms with Crippen molar-refractivity contribution in [2.24, 2.45) is 5.92 Å². The minimum absolute atomic E-state index is 0.486. The van der Waals surface area contributed by atoms with Crippen LogP contribution in [0, 0.1) is 12.8 Å². The zero-order valence-corrected chi connectivity index (χ0v) is 12.3. The fourth-order valence-corrected chi connectivity index (χ4v) is 3.22. The monoisotopic (exact) mass is 269 g/mol. The van der Waals surface area contributed by atoms with E-state index in [9.17, 15) is 0 Å². The summed E-state index contributed by atoms with van der Waals surface area (Å²) in [5, 5.41) is 3.51. The van der Waals surface area contributed by atoms with Crippen LogP contribution in [0.4, 0.5) is 0 Å². The first-order valence-electron chi connectivity index (χ1n) is 7.56. The second-order valence-electron chi connectivity index (χ2n) is 5.85. The van der Waals surface area contributed by atoms with Gasteiger partial charge in [0.05, 0.1) is 18.2 Å². The topological polar surface area (TPSA) is 29.9 Å². The van der Waals surface area contributed by atoms with Crippen LogP contribution in [0.3, 0.4) is 0 Å². The Hall–Kier alpha value is -1.61. The first kappa shape index (κ1) is 13.4. The lowest BCUT2D eigenvalue weighted by Crippen LogP contribution is -2.34. The molecule has 1 N–H and O–H groups in total. The van der Waals surface area contributed by atoms with Gasteiger partial charge in [-0.3, -0.25) is 0 Å². The fourth-order valence-electron chi connectivity index (χ4n) is 3.22. The van der Waals surface area contributed by atoms with Gasteiger partial charge in [0.15, 0.2) is 0 Å². The maximum Gasteiger partial charge on any atom is 0.0953 e. The van der Waals surface area contributed by atoms with Crippen molar-refractivity contribution in [3.63, 3.8) is 0 Å². The Kier molecular flexibility index (Phi) is 3.88. The molecule has 1 aromatic heterocycles. The summed E-state index contributed by atoms with van der Waals surface area (Å²) in [5.41, 5.74) is 3.84. The predicted octanol–water partition coefficient (Wildman–Crippen LogP) is 3.42. The van der Waals surface area contributed by atoms with E-state index in [1.807, 2.05) is 12.5 Å². The second-order valence-corrected chi connectivity index (χ2v) is 5.85. The fraction of sp³-hybridized carbons (Fsp3) is 0.471. The summed E-state index contributed by atoms with van der Waals surface area (Å²) in [4.78, 5) is 4.40. The highest BCUT2D eigenvalue weighted by Crippen LogP contribution is 2.30. The molecule has 1 saturated heterocycles. The zero-order chi connectivity index (χ0) is 13.9. The van der Waals surface area contributed by atoms with Gasteiger partial charge in [0.2, 0.25) is 0 Å². The van der Waals surface area contributed by atoms with E-state index in [0.717, 1.165) is 13.1 Å². The maximum atomic E-state index is 4.40. The van der Waals surface area contributed by atoms with Gasteiger partial charge in [-0.1, -0.05) is 24.3 Å². The lowest BCUT2D eigenvalue weighted by atomic mass is 9.92. The van der Waals surface area contributed by atoms with Crippen LogP contribution < -0.4 is 5.32 Å². The molecule has 0 saturated carbocycles. The standard InChI is InChI=1S/C17H23N3/c1-13-6-3-4-8-16(13)17-11-19-12-20(17)14(2)15-7-5-9-18-10-15/h3-4,6,8,11-12,14-15,18H,5,7,9-10H2,1-2H3. The van der Waals surface area contributed by atoms with E-state index < -0.39 is 0 Å². The summed E-state index contributed by atoms with van der Waals surface area (Å²) in [6.45, 7) is 6.77. The Labute approximate surface area is 121 Å². The highest BCUT2D eigenvalue weighted by Gasteiger charge is 2.23. The van der Waals surface area contributed by atoms with Gasteiger partial charge in [0.1, 0.15) is 0 Å². The summed E-state index contributed by atoms with van der Waals surface area (Å²) in [7, 11) is 0. The van der Waals surface area contributed by atoms with Gasteiger partial charge in [-0.15, -0.1) is 0 Å². The van der Waals surface area contributed by atoms with Crippen molar-refractivity contribution in [3.05, 3.63) is 42.4 Å². The SMILES string of the molecule is Cc1ccccc1-c1cncn1C(C)C1CCCNC1. The Balaban J connectivity index is 1.92. The minimum atomic E-state index is 0.486. The molecule has 0 bridgehead atoms. The largest absolute Gasteiger partial charge is 0.327 e. The molecule has 0 aliphatic carbocycles. The summed E-state index contributed by atoms with van der Waals surface area (Å²) >= 11 is 0. The average molecular weight is 269 g/mol. The van der Waals surface area contributed by atoms with E-state index in [1.165, 1.54) is 29.7 Å². The van der Waals surface area contributed by atoms with Gasteiger partial charge in [0, 0.05) is 11.6 Å². The van der Waals surface area contributed by atoms with E-state index in [0.29, 0.717) is 12.0 Å². The van der Waals surface area contributed by atoms with Crippen molar-refractivity contribution < 1.29 is 0 Å². The second kappa shape index (κ2) is 5.80. The molecule has 1 aliphatic rings. The van der Waals surface area contributed by atoms with Crippen LogP contribution in [0.5, 0.6) is 0 Å². The highest BCUT2D eigenvalue weighted by atomic mass is 15.1. The van der Waals surface area contributed by atoms with Gasteiger partial charge in [-0.25, -0.2) is 4.98 Å². The van der Waals surface area contributed by atoms with Crippen LogP contribution in [0.25, 0.3) is 11.3 Å². The molecule has 0 radical (unpaired) electrons. The molecule has 2 unspecified atom stereocenters. The van der Waals surface area contributed by atoms with Crippen LogP contribution in [0.15, 0.2) is 36.8 Å². The number of rotatable bonds is 3. The van der Waals surface area contributed by atoms with Gasteiger partial charge < -0.3 is 9.88 Å². The van der Waals surface area contributed by atoms with Crippen molar-refractivity contribution in [1.29, 1.82) is 0 Å². The molecule has 0 spiro atoms. The quantitative estimate of drug-likeness (QED) is 0.925. The van der Waals surface area contributed by atoms with E-state index in [4.69, 9.17) is 0 Å². The molecule has 2 atom stereocenters. The van der Waals surface area contributed by atoms with Crippen LogP contribution in [0.2, 0.25) is 0 Å². The van der Waals surface area contributed by atoms with Crippen molar-refractivity contribution in [2.75, 3.05) is 13.1 Å². The van der Waals surface area contributed by atoms with Gasteiger partial charge >= 0.3 is 0 Å². The Morgan fingerprint density at radius 3 is 2.95 bits per heavy atom. The molecule has 1 fully saturated rings. The number of hydrogen-bond donors (Lipinski definition) is 1. The number of imidazole rings is 1. The molecule has 2 heterocycles. The maximum absolute atomic E-state index is 4.40. The summed E-state index contributed by atoms with van der Waals surface area (Å²) in [6.07, 6.45) is 6.57. The summed E-state index contributed by atoms with van der Waals surface area (Å²) < 4.78 is 2.35. The number of aryl methyl sites for hydroxylation is 1. The molecule has 1 aliphatic heterocycles. The molecule has 106 valence electrons. The third-order valence-electron chi connectivity index (χ3n) is 4.54. The Morgan fingerprint density at radius 2 is 2.20 bits per heavy atom. The predicted molar refractivity (Wildman–Crippen MR) is 82.7 cm³/mol. The molecule has 20 heavy (non-hydrogen) atoms. The lowest BCUT2D eigenvalue weighted by Gasteiger charge is -2.30. The molecule has 3 nitrogen and oxygen atoms in total. The third kappa shape index (κ3) is 2.50. The van der Waals surface area contributed by atoms with E-state index >= 15 is 0 Å². The van der Waals surface area contributed by atoms with Gasteiger partial charge in [-0.2, -0.15) is 0 Å². The van der Waals surface area contributed by atoms with Gasteiger partial charge in [-0.05, 0) is 51.3 Å². The number of aromatic nitrogens is 2. The highest BCUT2D eigenvalue weighted by molar-refractivity contribution is 5.63. The number of benzene rings is 1. The molecule has 0 amide bonds. The first-order valence-corrected chi connectivity index (χ1v) is 7.56. The van der Waals surface area contributed by atoms with E-state index in [-0.39, 0.29) is 0 Å². The lowest BCUT2D eigenvalue weighted by molar-refractivity contribution is 0.281. The third-order valence-corrected chi connectivity index (χ3v) is 4.54. The van der Waals surface area contributed by atoms with Crippen LogP contribution in [-0.4, -0.2) is 22.6 Å². The number of nitrogens with one attached hydrogen (secondary N) is 1. The Bertz CT molecular complexity index is 567. The zero-order valence-electron chi connectivity index (χ0n) is 12.3. The van der Waals surface area contributed by atoms with E-state index in [1.54, 1.807) is 0 Å². The first-order chi connectivity index (χ1) is 9.77. The average Bonchev–Trinajstić information content (AvgIpc) is 2.97. The summed E-state index contributed by atoms with van der Waals surface area (Å²) in [6, 6.07) is 9.04. The van der Waals surface area contributed by atoms with Crippen molar-refractivity contribution in [2.45, 2.75) is 32.7 Å². The number of piperidine rings is 1. The van der Waals surface area contributed by atoms with Crippen molar-refractivity contribution >= 4 is 0 Å². The van der Waals surface area contributed by atoms with Crippen molar-refractivity contribution in [1.82, 2.24) is 14.9 Å². The summed E-state index contributed by atoms with van der Waals surface area (Å²) in [5.74, 6) is 0.695. The minimum Gasteiger partial charge on any atom is -0.327 e. The normalized spacial score (nSPS) is 20.8. The molecule has 3 rings (SSSR count). The molecule has 3 heteroatoms. The van der Waals surface area contributed by atoms with Crippen LogP contribution in [-0.2, 0) is 0 Å². The van der Waals surface area contributed by atoms with Gasteiger partial charge in [0.25, 0.3) is 0 Å². The smallest absolute Gasteiger partial charge is 0.0953 e.